The summed E-state index contributed by atoms with van der Waals surface area (Å²) < 4.78 is 6.81. The van der Waals surface area contributed by atoms with Gasteiger partial charge in [0.2, 0.25) is 0 Å². The zero-order valence-electron chi connectivity index (χ0n) is 11.4. The molecular weight excluding hydrogens is 322 g/mol. The van der Waals surface area contributed by atoms with Gasteiger partial charge in [0.05, 0.1) is 0 Å². The summed E-state index contributed by atoms with van der Waals surface area (Å²) in [4.78, 5) is 0. The molecule has 1 saturated carbocycles. The molecule has 1 aliphatic carbocycles. The Morgan fingerprint density at radius 1 is 1.32 bits per heavy atom. The molecule has 1 aromatic rings. The molecule has 1 aliphatic rings. The summed E-state index contributed by atoms with van der Waals surface area (Å²) in [6, 6.07) is 8.69. The Bertz CT molecular complexity index is 371. The van der Waals surface area contributed by atoms with Crippen LogP contribution in [0.4, 0.5) is 0 Å². The lowest BCUT2D eigenvalue weighted by Gasteiger charge is -2.20. The van der Waals surface area contributed by atoms with Gasteiger partial charge in [-0.1, -0.05) is 29.3 Å². The van der Waals surface area contributed by atoms with E-state index in [-0.39, 0.29) is 0 Å². The highest BCUT2D eigenvalue weighted by atomic mass is 79.9. The fraction of sp³-hybridized carbons (Fsp3) is 0.600. The van der Waals surface area contributed by atoms with Gasteiger partial charge < -0.3 is 10.1 Å². The van der Waals surface area contributed by atoms with Crippen molar-refractivity contribution < 1.29 is 4.74 Å². The molecule has 1 aromatic carbocycles. The molecule has 0 bridgehead atoms. The van der Waals surface area contributed by atoms with Crippen molar-refractivity contribution in [1.82, 2.24) is 5.32 Å². The highest BCUT2D eigenvalue weighted by Crippen LogP contribution is 2.29. The van der Waals surface area contributed by atoms with Crippen molar-refractivity contribution in [3.8, 4) is 5.75 Å². The normalized spacial score (nSPS) is 22.6. The van der Waals surface area contributed by atoms with Gasteiger partial charge in [0.25, 0.3) is 0 Å². The van der Waals surface area contributed by atoms with E-state index in [2.05, 4.69) is 39.9 Å². The summed E-state index contributed by atoms with van der Waals surface area (Å²) in [6.45, 7) is 3.92. The third-order valence-corrected chi connectivity index (χ3v) is 5.28. The fourth-order valence-electron chi connectivity index (χ4n) is 2.52. The van der Waals surface area contributed by atoms with Crippen molar-refractivity contribution in [1.29, 1.82) is 0 Å². The number of ether oxygens (including phenoxy) is 1. The van der Waals surface area contributed by atoms with Gasteiger partial charge in [-0.25, -0.2) is 0 Å². The summed E-state index contributed by atoms with van der Waals surface area (Å²) in [7, 11) is 0. The lowest BCUT2D eigenvalue weighted by molar-refractivity contribution is 0.306. The minimum absolute atomic E-state index is 0.679. The second kappa shape index (κ2) is 8.18. The Morgan fingerprint density at radius 3 is 2.84 bits per heavy atom. The van der Waals surface area contributed by atoms with E-state index in [0.29, 0.717) is 6.04 Å². The van der Waals surface area contributed by atoms with Crippen LogP contribution in [0.1, 0.15) is 26.2 Å². The van der Waals surface area contributed by atoms with Gasteiger partial charge >= 0.3 is 0 Å². The Balaban J connectivity index is 1.65. The molecule has 2 unspecified atom stereocenters. The van der Waals surface area contributed by atoms with Crippen LogP contribution >= 0.6 is 27.7 Å². The number of benzene rings is 1. The zero-order chi connectivity index (χ0) is 13.5. The molecule has 106 valence electrons. The molecule has 0 amide bonds. The summed E-state index contributed by atoms with van der Waals surface area (Å²) in [5, 5.41) is 4.45. The largest absolute Gasteiger partial charge is 0.492 e. The van der Waals surface area contributed by atoms with E-state index in [1.165, 1.54) is 25.0 Å². The van der Waals surface area contributed by atoms with Crippen molar-refractivity contribution in [2.24, 2.45) is 0 Å². The third kappa shape index (κ3) is 5.01. The first kappa shape index (κ1) is 15.2. The van der Waals surface area contributed by atoms with Gasteiger partial charge in [-0.3, -0.25) is 0 Å². The molecule has 0 heterocycles. The lowest BCUT2D eigenvalue weighted by atomic mass is 10.2. The van der Waals surface area contributed by atoms with Crippen molar-refractivity contribution in [3.63, 3.8) is 0 Å². The smallest absolute Gasteiger partial charge is 0.119 e. The summed E-state index contributed by atoms with van der Waals surface area (Å²) >= 11 is 5.52. The van der Waals surface area contributed by atoms with Crippen molar-refractivity contribution in [2.45, 2.75) is 37.5 Å². The number of hydrogen-bond acceptors (Lipinski definition) is 3. The van der Waals surface area contributed by atoms with E-state index in [1.807, 2.05) is 24.3 Å². The first-order chi connectivity index (χ1) is 9.29. The van der Waals surface area contributed by atoms with E-state index in [9.17, 15) is 0 Å². The molecule has 2 nitrogen and oxygen atoms in total. The van der Waals surface area contributed by atoms with Crippen LogP contribution in [0.3, 0.4) is 0 Å². The average Bonchev–Trinajstić information content (AvgIpc) is 2.85. The number of halogens is 1. The SMILES string of the molecule is CCSC1CCCC1NCCOc1ccc(Br)cc1. The molecule has 0 aliphatic heterocycles. The predicted molar refractivity (Wildman–Crippen MR) is 87.2 cm³/mol. The summed E-state index contributed by atoms with van der Waals surface area (Å²) in [5.41, 5.74) is 0. The lowest BCUT2D eigenvalue weighted by Crippen LogP contribution is -2.36. The van der Waals surface area contributed by atoms with E-state index in [1.54, 1.807) is 0 Å². The van der Waals surface area contributed by atoms with Crippen LogP contribution in [0.25, 0.3) is 0 Å². The molecule has 1 fully saturated rings. The molecular formula is C15H22BrNOS. The van der Waals surface area contributed by atoms with Crippen LogP contribution in [-0.2, 0) is 0 Å². The number of hydrogen-bond donors (Lipinski definition) is 1. The first-order valence-corrected chi connectivity index (χ1v) is 8.87. The van der Waals surface area contributed by atoms with Crippen LogP contribution in [0.15, 0.2) is 28.7 Å². The Hall–Kier alpha value is -0.190. The molecule has 19 heavy (non-hydrogen) atoms. The molecule has 0 spiro atoms. The molecule has 0 saturated heterocycles. The second-order valence-corrected chi connectivity index (χ2v) is 7.22. The van der Waals surface area contributed by atoms with Gasteiger partial charge in [0.15, 0.2) is 0 Å². The monoisotopic (exact) mass is 343 g/mol. The molecule has 0 aromatic heterocycles. The first-order valence-electron chi connectivity index (χ1n) is 7.03. The van der Waals surface area contributed by atoms with Crippen molar-refractivity contribution in [2.75, 3.05) is 18.9 Å². The molecule has 2 rings (SSSR count). The van der Waals surface area contributed by atoms with Crippen molar-refractivity contribution in [3.05, 3.63) is 28.7 Å². The predicted octanol–water partition coefficient (Wildman–Crippen LogP) is 4.09. The van der Waals surface area contributed by atoms with Gasteiger partial charge in [0.1, 0.15) is 12.4 Å². The number of thioether (sulfide) groups is 1. The highest BCUT2D eigenvalue weighted by molar-refractivity contribution is 9.10. The van der Waals surface area contributed by atoms with E-state index in [4.69, 9.17) is 4.74 Å². The third-order valence-electron chi connectivity index (χ3n) is 3.42. The Kier molecular flexibility index (Phi) is 6.54. The van der Waals surface area contributed by atoms with Crippen LogP contribution in [-0.4, -0.2) is 30.2 Å². The number of nitrogens with one attached hydrogen (secondary N) is 1. The highest BCUT2D eigenvalue weighted by Gasteiger charge is 2.26. The average molecular weight is 344 g/mol. The molecule has 0 radical (unpaired) electrons. The molecule has 2 atom stereocenters. The minimum Gasteiger partial charge on any atom is -0.492 e. The maximum absolute atomic E-state index is 5.73. The minimum atomic E-state index is 0.679. The van der Waals surface area contributed by atoms with Crippen LogP contribution in [0, 0.1) is 0 Å². The van der Waals surface area contributed by atoms with Gasteiger partial charge in [-0.15, -0.1) is 0 Å². The van der Waals surface area contributed by atoms with Crippen LogP contribution in [0.5, 0.6) is 5.75 Å². The van der Waals surface area contributed by atoms with E-state index < -0.39 is 0 Å². The zero-order valence-corrected chi connectivity index (χ0v) is 13.8. The topological polar surface area (TPSA) is 21.3 Å². The standard InChI is InChI=1S/C15H22BrNOS/c1-2-19-15-5-3-4-14(15)17-10-11-18-13-8-6-12(16)7-9-13/h6-9,14-15,17H,2-5,10-11H2,1H3. The van der Waals surface area contributed by atoms with Crippen LogP contribution in [0.2, 0.25) is 0 Å². The van der Waals surface area contributed by atoms with Gasteiger partial charge in [0, 0.05) is 22.3 Å². The maximum Gasteiger partial charge on any atom is 0.119 e. The Morgan fingerprint density at radius 2 is 2.11 bits per heavy atom. The quantitative estimate of drug-likeness (QED) is 0.753. The van der Waals surface area contributed by atoms with Gasteiger partial charge in [-0.2, -0.15) is 11.8 Å². The maximum atomic E-state index is 5.73. The van der Waals surface area contributed by atoms with E-state index in [0.717, 1.165) is 28.6 Å². The van der Waals surface area contributed by atoms with E-state index >= 15 is 0 Å². The van der Waals surface area contributed by atoms with Gasteiger partial charge in [-0.05, 0) is 42.9 Å². The van der Waals surface area contributed by atoms with Crippen LogP contribution < -0.4 is 10.1 Å². The van der Waals surface area contributed by atoms with Crippen molar-refractivity contribution >= 4 is 27.7 Å². The summed E-state index contributed by atoms with van der Waals surface area (Å²) in [5.74, 6) is 2.16. The number of rotatable bonds is 7. The second-order valence-electron chi connectivity index (χ2n) is 4.79. The fourth-order valence-corrected chi connectivity index (χ4v) is 4.01. The molecule has 1 N–H and O–H groups in total. The summed E-state index contributed by atoms with van der Waals surface area (Å²) in [6.07, 6.45) is 4.04. The molecule has 4 heteroatoms. The Labute approximate surface area is 128 Å².